The van der Waals surface area contributed by atoms with Crippen molar-refractivity contribution in [1.82, 2.24) is 63.1 Å². The number of nitrogens with one attached hydrogen (secondary N) is 1. The third kappa shape index (κ3) is 25.1. The number of aryl methyl sites for hydroxylation is 4. The van der Waals surface area contributed by atoms with Gasteiger partial charge in [-0.2, -0.15) is 0 Å². The van der Waals surface area contributed by atoms with Crippen LogP contribution >= 0.6 is 0 Å². The number of amides is 4. The van der Waals surface area contributed by atoms with Crippen LogP contribution in [0.5, 0.6) is 5.75 Å². The molecule has 0 unspecified atom stereocenters. The zero-order chi connectivity index (χ0) is 99.3. The fraction of sp³-hybridized carbons (Fsp3) is 0.675. The van der Waals surface area contributed by atoms with Crippen LogP contribution < -0.4 is 15.0 Å². The van der Waals surface area contributed by atoms with E-state index in [1.807, 2.05) is 53.4 Å². The van der Waals surface area contributed by atoms with Crippen LogP contribution in [0.2, 0.25) is 0 Å². The molecule has 141 heavy (non-hydrogen) atoms. The molecule has 770 valence electrons. The number of aromatic nitrogens is 8. The van der Waals surface area contributed by atoms with E-state index in [1.54, 1.807) is 17.0 Å². The molecule has 8 saturated carbocycles. The van der Waals surface area contributed by atoms with Crippen molar-refractivity contribution in [3.63, 3.8) is 0 Å². The van der Waals surface area contributed by atoms with Gasteiger partial charge < -0.3 is 52.7 Å². The van der Waals surface area contributed by atoms with E-state index < -0.39 is 18.5 Å². The van der Waals surface area contributed by atoms with Crippen molar-refractivity contribution in [3.8, 4) is 17.1 Å². The number of alkyl halides is 4. The van der Waals surface area contributed by atoms with Gasteiger partial charge in [0.2, 0.25) is 23.6 Å². The molecule has 4 amide bonds. The molecule has 20 nitrogen and oxygen atoms in total. The highest BCUT2D eigenvalue weighted by molar-refractivity contribution is 5.90. The Balaban J connectivity index is 0.000000135. The van der Waals surface area contributed by atoms with Gasteiger partial charge >= 0.3 is 0 Å². The maximum absolute atomic E-state index is 13.5. The van der Waals surface area contributed by atoms with Gasteiger partial charge in [-0.1, -0.05) is 162 Å². The lowest BCUT2D eigenvalue weighted by atomic mass is 9.69. The molecule has 1 N–H and O–H groups in total. The summed E-state index contributed by atoms with van der Waals surface area (Å²) in [6, 6.07) is 37.6. The molecule has 10 aliphatic rings. The number of fused-ring (bicyclic) bond motifs is 6. The number of likely N-dealkylation sites (tertiary alicyclic amines) is 1. The van der Waals surface area contributed by atoms with Crippen molar-refractivity contribution in [3.05, 3.63) is 132 Å². The Hall–Kier alpha value is -8.90. The Bertz CT molecular complexity index is 5570. The summed E-state index contributed by atoms with van der Waals surface area (Å²) in [5.41, 5.74) is 12.4. The van der Waals surface area contributed by atoms with E-state index in [4.69, 9.17) is 29.4 Å². The van der Waals surface area contributed by atoms with E-state index in [0.29, 0.717) is 110 Å². The Morgan fingerprint density at radius 2 is 0.943 bits per heavy atom. The molecule has 9 aromatic rings. The minimum absolute atomic E-state index is 0.168. The number of anilines is 1. The number of hydrogen-bond donors (Lipinski definition) is 1. The zero-order valence-corrected chi connectivity index (χ0v) is 87.6. The molecular formula is C117H168F4N14O6. The molecule has 24 heteroatoms. The number of para-hydroxylation sites is 5. The lowest BCUT2D eigenvalue weighted by Gasteiger charge is -2.39. The third-order valence-electron chi connectivity index (χ3n) is 35.5. The van der Waals surface area contributed by atoms with Crippen LogP contribution in [0, 0.1) is 39.9 Å². The summed E-state index contributed by atoms with van der Waals surface area (Å²) in [6.07, 6.45) is 40.9. The summed E-state index contributed by atoms with van der Waals surface area (Å²) < 4.78 is 73.0. The first-order valence-electron chi connectivity index (χ1n) is 55.5. The molecule has 4 aromatic heterocycles. The van der Waals surface area contributed by atoms with Gasteiger partial charge in [0, 0.05) is 146 Å². The number of carbonyl (C=O) groups excluding carboxylic acids is 4. The number of imidazole rings is 4. The molecule has 8 aliphatic carbocycles. The van der Waals surface area contributed by atoms with Crippen molar-refractivity contribution in [2.45, 2.75) is 401 Å². The van der Waals surface area contributed by atoms with E-state index >= 15 is 0 Å². The maximum atomic E-state index is 13.5. The first-order chi connectivity index (χ1) is 67.9. The molecule has 6 heterocycles. The molecule has 19 rings (SSSR count). The number of nitrogens with zero attached hydrogens (tertiary/aromatic N) is 13. The fourth-order valence-corrected chi connectivity index (χ4v) is 26.6. The van der Waals surface area contributed by atoms with Gasteiger partial charge in [0.1, 0.15) is 34.6 Å². The summed E-state index contributed by atoms with van der Waals surface area (Å²) in [4.78, 5) is 84.1. The molecule has 2 bridgehead atoms. The largest absolute Gasteiger partial charge is 0.487 e. The Morgan fingerprint density at radius 1 is 0.489 bits per heavy atom. The van der Waals surface area contributed by atoms with Gasteiger partial charge in [-0.15, -0.1) is 0 Å². The summed E-state index contributed by atoms with van der Waals surface area (Å²) in [5, 5.41) is 3.47. The summed E-state index contributed by atoms with van der Waals surface area (Å²) in [7, 11) is 0. The molecule has 2 saturated heterocycles. The third-order valence-corrected chi connectivity index (χ3v) is 35.5. The number of carbonyl (C=O) groups is 4. The summed E-state index contributed by atoms with van der Waals surface area (Å²) in [5.74, 6) is 4.80. The monoisotopic (exact) mass is 1940 g/mol. The van der Waals surface area contributed by atoms with Crippen LogP contribution in [0.4, 0.5) is 23.2 Å². The minimum atomic E-state index is -2.89. The molecule has 3 atom stereocenters. The molecular weight excluding hydrogens is 1770 g/mol. The van der Waals surface area contributed by atoms with Crippen LogP contribution in [0.1, 0.15) is 355 Å². The topological polar surface area (TPSA) is 186 Å². The van der Waals surface area contributed by atoms with E-state index in [-0.39, 0.29) is 36.2 Å². The summed E-state index contributed by atoms with van der Waals surface area (Å²) in [6.45, 7) is 33.9. The van der Waals surface area contributed by atoms with Gasteiger partial charge in [-0.3, -0.25) is 24.1 Å². The van der Waals surface area contributed by atoms with Crippen LogP contribution in [-0.4, -0.2) is 183 Å². The van der Waals surface area contributed by atoms with Gasteiger partial charge in [-0.05, 0) is 274 Å². The molecule has 0 spiro atoms. The van der Waals surface area contributed by atoms with Crippen molar-refractivity contribution < 1.29 is 46.2 Å². The molecule has 10 fully saturated rings. The van der Waals surface area contributed by atoms with E-state index in [2.05, 4.69) is 163 Å². The van der Waals surface area contributed by atoms with Gasteiger partial charge in [0.15, 0.2) is 6.61 Å². The van der Waals surface area contributed by atoms with Crippen LogP contribution in [0.3, 0.4) is 0 Å². The summed E-state index contributed by atoms with van der Waals surface area (Å²) >= 11 is 0. The zero-order valence-electron chi connectivity index (χ0n) is 87.6. The second-order valence-corrected chi connectivity index (χ2v) is 45.7. The normalized spacial score (nSPS) is 24.1. The van der Waals surface area contributed by atoms with Gasteiger partial charge in [0.25, 0.3) is 11.8 Å². The predicted molar refractivity (Wildman–Crippen MR) is 560 cm³/mol. The lowest BCUT2D eigenvalue weighted by Crippen LogP contribution is -2.55. The Labute approximate surface area is 838 Å². The van der Waals surface area contributed by atoms with Crippen molar-refractivity contribution in [2.24, 2.45) is 39.9 Å². The second kappa shape index (κ2) is 47.1. The average Bonchev–Trinajstić information content (AvgIpc) is 1.55. The highest BCUT2D eigenvalue weighted by atomic mass is 19.3. The highest BCUT2D eigenvalue weighted by Gasteiger charge is 2.62. The van der Waals surface area contributed by atoms with Gasteiger partial charge in [-0.25, -0.2) is 37.5 Å². The van der Waals surface area contributed by atoms with E-state index in [0.717, 1.165) is 190 Å². The van der Waals surface area contributed by atoms with Crippen molar-refractivity contribution >= 4 is 73.4 Å². The van der Waals surface area contributed by atoms with Gasteiger partial charge in [0.05, 0.1) is 70.6 Å². The smallest absolute Gasteiger partial charge is 0.278 e. The van der Waals surface area contributed by atoms with Crippen molar-refractivity contribution in [1.29, 1.82) is 0 Å². The number of morpholine rings is 1. The Kier molecular flexibility index (Phi) is 35.0. The Morgan fingerprint density at radius 3 is 1.42 bits per heavy atom. The fourth-order valence-electron chi connectivity index (χ4n) is 26.6. The van der Waals surface area contributed by atoms with Crippen LogP contribution in [0.15, 0.2) is 109 Å². The molecule has 5 aromatic carbocycles. The number of benzene rings is 5. The molecule has 0 radical (unpaired) electrons. The standard InChI is InChI=1S/C30H44F2N4O.C30H46N4O2.C30H45N3O.C27H33F2N3O2/c1-3-22-10-13-24(14-11-22)29-33-26-15-12-23(19-34-20-30(31,32)21-34)18-27(26)36(29)17-16-28(37)35(4-2)25-8-6-5-7-9-25;1-3-23-13-15-24(16-14-23)30-31-29-26(32-19-21-36-22-20-32)11-8-12-27(29)34(30)18-17-28(35)33(4-2)25-9-6-5-7-10-25;1-28(2,3)21-13-11-20(12-14-21)27-31-23-9-7-8-10-24(23)33(27)18-16-26(34)32-25-19-22-15-17-30(25,6)29(22,4)5;1-3-31(21-9-5-4-6-10-21)25(33)17-18-32-24-12-8-7-11-23(24)30-26(32)20-13-15-22(16-14-20)34-19-27(2,28)29/h12,15,18,22,24-25H,3-11,13-14,16-17,19-21H2,1-2H3;8,11-12,23-25H,3-7,9-10,13-22H2,1-2H3;7-10,20-22,25H,11-19H2,1-6H3,(H,32,34);7-8,11-16,21H,3-6,9-10,17-19H2,1-2H3/t;;20?,21?,22-,25-,30+;/m..1./s1. The first-order valence-corrected chi connectivity index (χ1v) is 55.5. The maximum Gasteiger partial charge on any atom is 0.278 e. The van der Waals surface area contributed by atoms with E-state index in [1.165, 1.54) is 189 Å². The lowest BCUT2D eigenvalue weighted by molar-refractivity contribution is -0.135. The molecule has 2 aliphatic heterocycles. The first kappa shape index (κ1) is 105. The minimum Gasteiger partial charge on any atom is -0.487 e. The van der Waals surface area contributed by atoms with Crippen LogP contribution in [0.25, 0.3) is 55.5 Å². The second-order valence-electron chi connectivity index (χ2n) is 45.7. The highest BCUT2D eigenvalue weighted by Crippen LogP contribution is 2.65. The average molecular weight is 1940 g/mol. The predicted octanol–water partition coefficient (Wildman–Crippen LogP) is 26.3. The quantitative estimate of drug-likeness (QED) is 0.0406. The number of rotatable bonds is 31. The number of hydrogen-bond acceptors (Lipinski definition) is 12. The van der Waals surface area contributed by atoms with Crippen molar-refractivity contribution in [2.75, 3.05) is 70.5 Å². The van der Waals surface area contributed by atoms with Crippen LogP contribution in [-0.2, 0) is 56.6 Å². The number of ether oxygens (including phenoxy) is 2. The van der Waals surface area contributed by atoms with E-state index in [9.17, 15) is 36.7 Å². The number of halogens is 4. The SMILES string of the molecule is CC(C)(C)C1CCC(c2nc3ccccc3n2CCC(=O)N[C@@H]2C[C@H]3CC[C@]2(C)C3(C)C)CC1.CCC1CCC(c2nc3c(N4CCOCC4)cccc3n2CCC(=O)N(CC)C2CCCCC2)CC1.CCC1CCC(c2nc3ccc(CN4CC(F)(F)C4)cc3n2CCC(=O)N(CC)C2CCCCC2)CC1.CCN(C(=O)CCn1c(-c2ccc(OCC(C)(F)F)cc2)nc2ccccc21)C1CCCCC1.